The smallest absolute Gasteiger partial charge is 0.254 e. The molecule has 5 nitrogen and oxygen atoms in total. The molecule has 3 rings (SSSR count). The number of carbonyl (C=O) groups excluding carboxylic acids is 1. The summed E-state index contributed by atoms with van der Waals surface area (Å²) in [5, 5.41) is 0. The number of nitrogens with zero attached hydrogens (tertiary/aromatic N) is 1. The van der Waals surface area contributed by atoms with E-state index in [0.29, 0.717) is 17.7 Å². The fourth-order valence-electron chi connectivity index (χ4n) is 3.65. The lowest BCUT2D eigenvalue weighted by molar-refractivity contribution is 0.0583. The van der Waals surface area contributed by atoms with E-state index in [2.05, 4.69) is 0 Å². The van der Waals surface area contributed by atoms with Crippen LogP contribution in [0.1, 0.15) is 42.1 Å². The van der Waals surface area contributed by atoms with Crippen molar-refractivity contribution in [2.45, 2.75) is 48.9 Å². The van der Waals surface area contributed by atoms with E-state index in [4.69, 9.17) is 5.73 Å². The van der Waals surface area contributed by atoms with Crippen LogP contribution in [-0.4, -0.2) is 37.9 Å². The monoisotopic (exact) mass is 386 g/mol. The molecule has 1 aliphatic heterocycles. The average Bonchev–Trinajstić information content (AvgIpc) is 2.68. The quantitative estimate of drug-likeness (QED) is 0.857. The summed E-state index contributed by atoms with van der Waals surface area (Å²) in [6.07, 6.45) is 2.95. The second kappa shape index (κ2) is 8.23. The minimum Gasteiger partial charge on any atom is -0.334 e. The highest BCUT2D eigenvalue weighted by atomic mass is 32.2. The van der Waals surface area contributed by atoms with Crippen molar-refractivity contribution in [3.05, 3.63) is 65.7 Å². The van der Waals surface area contributed by atoms with E-state index < -0.39 is 9.84 Å². The number of piperidine rings is 1. The lowest BCUT2D eigenvalue weighted by Crippen LogP contribution is -2.51. The Hall–Kier alpha value is -2.18. The topological polar surface area (TPSA) is 80.5 Å². The third kappa shape index (κ3) is 4.57. The van der Waals surface area contributed by atoms with Crippen LogP contribution in [0.4, 0.5) is 0 Å². The maximum absolute atomic E-state index is 13.0. The highest BCUT2D eigenvalue weighted by molar-refractivity contribution is 7.90. The highest BCUT2D eigenvalue weighted by Gasteiger charge is 2.30. The molecule has 2 unspecified atom stereocenters. The Morgan fingerprint density at radius 1 is 1.15 bits per heavy atom. The standard InChI is InChI=1S/C21H26N2O3S/c1-16(22)20-12-5-6-13-23(20)21(24)18-9-7-8-17(14-18)15-27(25,26)19-10-3-2-4-11-19/h2-4,7-11,14,16,20H,5-6,12-13,15,22H2,1H3. The second-order valence-electron chi connectivity index (χ2n) is 7.19. The molecule has 6 heteroatoms. The van der Waals surface area contributed by atoms with Crippen LogP contribution in [0, 0.1) is 0 Å². The van der Waals surface area contributed by atoms with Crippen LogP contribution in [0.5, 0.6) is 0 Å². The summed E-state index contributed by atoms with van der Waals surface area (Å²) in [6.45, 7) is 2.62. The molecule has 0 radical (unpaired) electrons. The molecule has 2 aromatic carbocycles. The lowest BCUT2D eigenvalue weighted by Gasteiger charge is -2.38. The Morgan fingerprint density at radius 2 is 1.89 bits per heavy atom. The summed E-state index contributed by atoms with van der Waals surface area (Å²) in [4.78, 5) is 15.2. The number of amides is 1. The van der Waals surface area contributed by atoms with Crippen LogP contribution < -0.4 is 5.73 Å². The molecular weight excluding hydrogens is 360 g/mol. The maximum atomic E-state index is 13.0. The van der Waals surface area contributed by atoms with Crippen LogP contribution in [0.2, 0.25) is 0 Å². The van der Waals surface area contributed by atoms with E-state index in [1.54, 1.807) is 54.6 Å². The van der Waals surface area contributed by atoms with E-state index in [-0.39, 0.29) is 28.6 Å². The minimum absolute atomic E-state index is 0.0305. The molecule has 1 aliphatic rings. The first-order valence-corrected chi connectivity index (χ1v) is 11.0. The van der Waals surface area contributed by atoms with Gasteiger partial charge in [0, 0.05) is 24.2 Å². The minimum atomic E-state index is -3.45. The Kier molecular flexibility index (Phi) is 5.97. The van der Waals surface area contributed by atoms with Gasteiger partial charge in [-0.05, 0) is 56.0 Å². The molecule has 2 aromatic rings. The fourth-order valence-corrected chi connectivity index (χ4v) is 5.00. The number of hydrogen-bond acceptors (Lipinski definition) is 4. The van der Waals surface area contributed by atoms with Gasteiger partial charge in [-0.3, -0.25) is 4.79 Å². The van der Waals surface area contributed by atoms with E-state index >= 15 is 0 Å². The molecule has 27 heavy (non-hydrogen) atoms. The number of sulfone groups is 1. The average molecular weight is 387 g/mol. The molecule has 2 atom stereocenters. The van der Waals surface area contributed by atoms with Gasteiger partial charge in [-0.1, -0.05) is 30.3 Å². The summed E-state index contributed by atoms with van der Waals surface area (Å²) in [7, 11) is -3.45. The number of benzene rings is 2. The van der Waals surface area contributed by atoms with Crippen molar-refractivity contribution >= 4 is 15.7 Å². The Bertz CT molecular complexity index is 895. The Morgan fingerprint density at radius 3 is 2.59 bits per heavy atom. The molecule has 0 bridgehead atoms. The van der Waals surface area contributed by atoms with Crippen molar-refractivity contribution in [3.8, 4) is 0 Å². The largest absolute Gasteiger partial charge is 0.334 e. The van der Waals surface area contributed by atoms with E-state index in [9.17, 15) is 13.2 Å². The van der Waals surface area contributed by atoms with Gasteiger partial charge in [-0.2, -0.15) is 0 Å². The first-order valence-electron chi connectivity index (χ1n) is 9.32. The fraction of sp³-hybridized carbons (Fsp3) is 0.381. The third-order valence-electron chi connectivity index (χ3n) is 5.05. The number of nitrogens with two attached hydrogens (primary N) is 1. The van der Waals surface area contributed by atoms with Crippen molar-refractivity contribution in [2.75, 3.05) is 6.54 Å². The number of carbonyl (C=O) groups is 1. The molecule has 0 aliphatic carbocycles. The molecule has 1 amide bonds. The van der Waals surface area contributed by atoms with Gasteiger partial charge in [0.25, 0.3) is 5.91 Å². The van der Waals surface area contributed by atoms with E-state index in [0.717, 1.165) is 19.3 Å². The number of likely N-dealkylation sites (tertiary alicyclic amines) is 1. The second-order valence-corrected chi connectivity index (χ2v) is 9.18. The van der Waals surface area contributed by atoms with E-state index in [1.165, 1.54) is 0 Å². The van der Waals surface area contributed by atoms with Crippen molar-refractivity contribution in [3.63, 3.8) is 0 Å². The van der Waals surface area contributed by atoms with E-state index in [1.807, 2.05) is 11.8 Å². The summed E-state index contributed by atoms with van der Waals surface area (Å²) in [5.74, 6) is -0.203. The third-order valence-corrected chi connectivity index (χ3v) is 6.75. The summed E-state index contributed by atoms with van der Waals surface area (Å²) < 4.78 is 25.2. The summed E-state index contributed by atoms with van der Waals surface area (Å²) in [6, 6.07) is 15.2. The molecule has 144 valence electrons. The zero-order valence-corrected chi connectivity index (χ0v) is 16.4. The molecule has 0 aromatic heterocycles. The SMILES string of the molecule is CC(N)C1CCCCN1C(=O)c1cccc(CS(=O)(=O)c2ccccc2)c1. The molecule has 1 saturated heterocycles. The molecule has 1 heterocycles. The zero-order chi connectivity index (χ0) is 19.4. The first kappa shape index (κ1) is 19.6. The van der Waals surface area contributed by atoms with Crippen LogP contribution in [0.3, 0.4) is 0 Å². The van der Waals surface area contributed by atoms with Crippen molar-refractivity contribution < 1.29 is 13.2 Å². The zero-order valence-electron chi connectivity index (χ0n) is 15.5. The van der Waals surface area contributed by atoms with Crippen molar-refractivity contribution in [1.29, 1.82) is 0 Å². The van der Waals surface area contributed by atoms with Crippen molar-refractivity contribution in [1.82, 2.24) is 4.90 Å². The normalized spacial score (nSPS) is 18.9. The summed E-state index contributed by atoms with van der Waals surface area (Å²) >= 11 is 0. The molecule has 0 spiro atoms. The van der Waals surface area contributed by atoms with Gasteiger partial charge >= 0.3 is 0 Å². The number of rotatable bonds is 5. The first-order chi connectivity index (χ1) is 12.9. The lowest BCUT2D eigenvalue weighted by atomic mass is 9.96. The van der Waals surface area contributed by atoms with Gasteiger partial charge in [-0.15, -0.1) is 0 Å². The van der Waals surface area contributed by atoms with Crippen LogP contribution in [0.15, 0.2) is 59.5 Å². The Balaban J connectivity index is 1.82. The van der Waals surface area contributed by atoms with Gasteiger partial charge in [0.1, 0.15) is 0 Å². The highest BCUT2D eigenvalue weighted by Crippen LogP contribution is 2.23. The predicted octanol–water partition coefficient (Wildman–Crippen LogP) is 3.00. The molecular formula is C21H26N2O3S. The molecule has 0 saturated carbocycles. The van der Waals surface area contributed by atoms with Crippen LogP contribution >= 0.6 is 0 Å². The number of hydrogen-bond donors (Lipinski definition) is 1. The molecule has 1 fully saturated rings. The van der Waals surface area contributed by atoms with Crippen molar-refractivity contribution in [2.24, 2.45) is 5.73 Å². The predicted molar refractivity (Wildman–Crippen MR) is 106 cm³/mol. The van der Waals surface area contributed by atoms with Gasteiger partial charge in [-0.25, -0.2) is 8.42 Å². The van der Waals surface area contributed by atoms with Crippen LogP contribution in [0.25, 0.3) is 0 Å². The van der Waals surface area contributed by atoms with Gasteiger partial charge < -0.3 is 10.6 Å². The van der Waals surface area contributed by atoms with Crippen LogP contribution in [-0.2, 0) is 15.6 Å². The van der Waals surface area contributed by atoms with Gasteiger partial charge in [0.15, 0.2) is 9.84 Å². The van der Waals surface area contributed by atoms with Gasteiger partial charge in [0.2, 0.25) is 0 Å². The Labute approximate surface area is 161 Å². The molecule has 2 N–H and O–H groups in total. The summed E-state index contributed by atoms with van der Waals surface area (Å²) in [5.41, 5.74) is 7.20. The maximum Gasteiger partial charge on any atom is 0.254 e. The van der Waals surface area contributed by atoms with Gasteiger partial charge in [0.05, 0.1) is 10.6 Å².